The van der Waals surface area contributed by atoms with Gasteiger partial charge in [-0.1, -0.05) is 41.9 Å². The van der Waals surface area contributed by atoms with Gasteiger partial charge in [0.25, 0.3) is 5.91 Å². The number of halogens is 1. The van der Waals surface area contributed by atoms with Crippen molar-refractivity contribution in [3.63, 3.8) is 0 Å². The maximum Gasteiger partial charge on any atom is 0.255 e. The zero-order valence-corrected chi connectivity index (χ0v) is 24.2. The fourth-order valence-electron chi connectivity index (χ4n) is 6.09. The minimum absolute atomic E-state index is 0.259. The Bertz CT molecular complexity index is 1630. The van der Waals surface area contributed by atoms with Crippen LogP contribution in [0.4, 0.5) is 0 Å². The summed E-state index contributed by atoms with van der Waals surface area (Å²) < 4.78 is 12.6. The van der Waals surface area contributed by atoms with Gasteiger partial charge in [-0.25, -0.2) is 0 Å². The van der Waals surface area contributed by atoms with Gasteiger partial charge >= 0.3 is 0 Å². The van der Waals surface area contributed by atoms with Crippen molar-refractivity contribution in [3.05, 3.63) is 105 Å². The molecule has 9 nitrogen and oxygen atoms in total. The van der Waals surface area contributed by atoms with Crippen molar-refractivity contribution in [2.24, 2.45) is 18.7 Å². The van der Waals surface area contributed by atoms with Crippen LogP contribution in [-0.2, 0) is 11.8 Å². The number of aryl methyl sites for hydroxylation is 4. The number of hydrogen-bond acceptors (Lipinski definition) is 6. The maximum atomic E-state index is 14.6. The molecule has 1 fully saturated rings. The molecule has 10 heteroatoms. The summed E-state index contributed by atoms with van der Waals surface area (Å²) in [6.07, 6.45) is 0. The molecule has 1 aliphatic rings. The van der Waals surface area contributed by atoms with Gasteiger partial charge in [-0.2, -0.15) is 5.10 Å². The van der Waals surface area contributed by atoms with Gasteiger partial charge in [0.05, 0.1) is 30.3 Å². The number of nitrogens with two attached hydrogens (primary N) is 1. The Kier molecular flexibility index (Phi) is 7.48. The fraction of sp³-hybridized carbons (Fsp3) is 0.290. The number of hydrogen-bond donors (Lipinski definition) is 1. The molecule has 0 saturated carbocycles. The van der Waals surface area contributed by atoms with E-state index in [0.717, 1.165) is 0 Å². The number of furan rings is 1. The summed E-state index contributed by atoms with van der Waals surface area (Å²) in [6.45, 7) is 5.24. The Morgan fingerprint density at radius 3 is 2.20 bits per heavy atom. The Hall–Kier alpha value is -4.37. The van der Waals surface area contributed by atoms with Crippen LogP contribution in [0.15, 0.2) is 65.1 Å². The highest BCUT2D eigenvalue weighted by Gasteiger charge is 2.58. The van der Waals surface area contributed by atoms with Crippen molar-refractivity contribution in [1.82, 2.24) is 14.7 Å². The molecule has 2 N–H and O–H groups in total. The van der Waals surface area contributed by atoms with E-state index in [1.807, 2.05) is 0 Å². The molecule has 1 saturated heterocycles. The third-order valence-electron chi connectivity index (χ3n) is 7.82. The van der Waals surface area contributed by atoms with Crippen LogP contribution < -0.4 is 10.5 Å². The molecule has 4 atom stereocenters. The fourth-order valence-corrected chi connectivity index (χ4v) is 6.37. The predicted octanol–water partition coefficient (Wildman–Crippen LogP) is 4.93. The molecule has 0 radical (unpaired) electrons. The SMILES string of the molecule is COc1ccc(C2C(C(=O)c3cc(C)oc3C)C(c3c(C)nn(C)c3Cl)N(C(=O)c3ccccc3)C2C(N)=O)cc1. The molecule has 4 aromatic rings. The highest BCUT2D eigenvalue weighted by molar-refractivity contribution is 6.30. The average Bonchev–Trinajstić information content (AvgIpc) is 3.57. The Balaban J connectivity index is 1.83. The first-order valence-electron chi connectivity index (χ1n) is 13.2. The summed E-state index contributed by atoms with van der Waals surface area (Å²) in [7, 11) is 3.24. The molecule has 3 heterocycles. The molecule has 0 spiro atoms. The van der Waals surface area contributed by atoms with Crippen molar-refractivity contribution in [1.29, 1.82) is 0 Å². The first-order chi connectivity index (χ1) is 19.5. The second-order valence-corrected chi connectivity index (χ2v) is 10.7. The molecule has 5 rings (SSSR count). The molecule has 212 valence electrons. The second-order valence-electron chi connectivity index (χ2n) is 10.3. The lowest BCUT2D eigenvalue weighted by molar-refractivity contribution is -0.122. The quantitative estimate of drug-likeness (QED) is 0.312. The van der Waals surface area contributed by atoms with Gasteiger partial charge in [0.15, 0.2) is 5.78 Å². The van der Waals surface area contributed by atoms with E-state index in [2.05, 4.69) is 5.10 Å². The van der Waals surface area contributed by atoms with Crippen molar-refractivity contribution in [2.45, 2.75) is 38.8 Å². The smallest absolute Gasteiger partial charge is 0.255 e. The summed E-state index contributed by atoms with van der Waals surface area (Å²) in [5, 5.41) is 4.74. The van der Waals surface area contributed by atoms with E-state index in [1.165, 1.54) is 9.58 Å². The zero-order chi connectivity index (χ0) is 29.6. The average molecular weight is 575 g/mol. The number of carbonyl (C=O) groups is 3. The predicted molar refractivity (Wildman–Crippen MR) is 153 cm³/mol. The van der Waals surface area contributed by atoms with Crippen molar-refractivity contribution >= 4 is 29.2 Å². The van der Waals surface area contributed by atoms with Crippen LogP contribution in [0.1, 0.15) is 61.0 Å². The molecule has 0 bridgehead atoms. The van der Waals surface area contributed by atoms with Crippen LogP contribution >= 0.6 is 11.6 Å². The minimum Gasteiger partial charge on any atom is -0.497 e. The van der Waals surface area contributed by atoms with Crippen LogP contribution in [0.5, 0.6) is 5.75 Å². The first-order valence-corrected chi connectivity index (χ1v) is 13.5. The molecule has 2 aromatic heterocycles. The number of nitrogens with zero attached hydrogens (tertiary/aromatic N) is 3. The molecule has 0 aliphatic carbocycles. The van der Waals surface area contributed by atoms with Crippen LogP contribution in [0.3, 0.4) is 0 Å². The third kappa shape index (κ3) is 4.80. The Morgan fingerprint density at radius 1 is 1.02 bits per heavy atom. The largest absolute Gasteiger partial charge is 0.497 e. The highest BCUT2D eigenvalue weighted by atomic mass is 35.5. The number of Topliss-reactive ketones (excluding diaryl/α,β-unsaturated/α-hetero) is 1. The van der Waals surface area contributed by atoms with Gasteiger partial charge in [0.2, 0.25) is 5.91 Å². The van der Waals surface area contributed by atoms with Gasteiger partial charge in [-0.3, -0.25) is 19.1 Å². The minimum atomic E-state index is -1.18. The van der Waals surface area contributed by atoms with Gasteiger partial charge in [-0.05, 0) is 56.7 Å². The molecule has 1 aliphatic heterocycles. The van der Waals surface area contributed by atoms with E-state index in [4.69, 9.17) is 26.5 Å². The summed E-state index contributed by atoms with van der Waals surface area (Å²) in [4.78, 5) is 43.8. The maximum absolute atomic E-state index is 14.6. The standard InChI is InChI=1S/C31H31ClN4O5/c1-16-15-22(18(3)41-16)28(37)25-24(19-11-13-21(40-5)14-12-19)27(30(33)38)36(31(39)20-9-7-6-8-10-20)26(25)23-17(2)34-35(4)29(23)32/h6-15,24-27H,1-5H3,(H2,33,38). The molecule has 2 aromatic carbocycles. The molecular weight excluding hydrogens is 544 g/mol. The van der Waals surface area contributed by atoms with Gasteiger partial charge in [0, 0.05) is 24.1 Å². The highest BCUT2D eigenvalue weighted by Crippen LogP contribution is 2.53. The van der Waals surface area contributed by atoms with Crippen LogP contribution in [0, 0.1) is 26.7 Å². The van der Waals surface area contributed by atoms with E-state index < -0.39 is 35.7 Å². The lowest BCUT2D eigenvalue weighted by Crippen LogP contribution is -2.46. The Labute approximate surface area is 242 Å². The van der Waals surface area contributed by atoms with Crippen molar-refractivity contribution in [2.75, 3.05) is 7.11 Å². The Morgan fingerprint density at radius 2 is 1.68 bits per heavy atom. The monoisotopic (exact) mass is 574 g/mol. The van der Waals surface area contributed by atoms with E-state index in [-0.39, 0.29) is 10.9 Å². The topological polar surface area (TPSA) is 121 Å². The van der Waals surface area contributed by atoms with Crippen LogP contribution in [0.2, 0.25) is 5.15 Å². The molecular formula is C31H31ClN4O5. The molecule has 41 heavy (non-hydrogen) atoms. The van der Waals surface area contributed by atoms with Crippen molar-refractivity contribution in [3.8, 4) is 5.75 Å². The number of likely N-dealkylation sites (tertiary alicyclic amines) is 1. The normalized spacial score (nSPS) is 20.3. The third-order valence-corrected chi connectivity index (χ3v) is 8.26. The van der Waals surface area contributed by atoms with Crippen LogP contribution in [0.25, 0.3) is 0 Å². The van der Waals surface area contributed by atoms with Gasteiger partial charge < -0.3 is 19.8 Å². The summed E-state index contributed by atoms with van der Waals surface area (Å²) in [6, 6.07) is 15.2. The zero-order valence-electron chi connectivity index (χ0n) is 23.4. The number of ether oxygens (including phenoxy) is 1. The summed E-state index contributed by atoms with van der Waals surface area (Å²) >= 11 is 6.82. The van der Waals surface area contributed by atoms with Gasteiger partial charge in [0.1, 0.15) is 28.5 Å². The second kappa shape index (κ2) is 10.9. The summed E-state index contributed by atoms with van der Waals surface area (Å²) in [5.74, 6) is -1.64. The number of carbonyl (C=O) groups excluding carboxylic acids is 3. The lowest BCUT2D eigenvalue weighted by Gasteiger charge is -2.30. The number of ketones is 1. The van der Waals surface area contributed by atoms with Gasteiger partial charge in [-0.15, -0.1) is 0 Å². The number of primary amides is 1. The van der Waals surface area contributed by atoms with Crippen LogP contribution in [-0.4, -0.2) is 45.4 Å². The lowest BCUT2D eigenvalue weighted by atomic mass is 9.76. The van der Waals surface area contributed by atoms with E-state index in [9.17, 15) is 14.4 Å². The number of benzene rings is 2. The van der Waals surface area contributed by atoms with E-state index in [1.54, 1.807) is 95.6 Å². The van der Waals surface area contributed by atoms with E-state index in [0.29, 0.717) is 45.2 Å². The molecule has 2 amide bonds. The number of rotatable bonds is 7. The number of methoxy groups -OCH3 is 1. The number of amides is 2. The van der Waals surface area contributed by atoms with E-state index >= 15 is 0 Å². The van der Waals surface area contributed by atoms with Crippen molar-refractivity contribution < 1.29 is 23.5 Å². The summed E-state index contributed by atoms with van der Waals surface area (Å²) in [5.41, 5.74) is 8.48. The number of aromatic nitrogens is 2. The first kappa shape index (κ1) is 28.2. The molecule has 4 unspecified atom stereocenters.